The van der Waals surface area contributed by atoms with E-state index in [0.717, 1.165) is 48.3 Å². The number of hydrogen-bond donors (Lipinski definition) is 8. The summed E-state index contributed by atoms with van der Waals surface area (Å²) in [5.74, 6) is -0.198. The minimum absolute atomic E-state index is 0.00271. The topological polar surface area (TPSA) is 210 Å². The molecule has 0 amide bonds. The molecule has 14 nitrogen and oxygen atoms in total. The zero-order chi connectivity index (χ0) is 44.9. The third-order valence-corrected chi connectivity index (χ3v) is 13.2. The smallest absolute Gasteiger partial charge is 0.350 e. The van der Waals surface area contributed by atoms with Crippen molar-refractivity contribution < 1.29 is 23.9 Å². The molecule has 10 N–H and O–H groups in total. The molecular weight excluding hydrogens is 795 g/mol. The Morgan fingerprint density at radius 3 is 2.76 bits per heavy atom. The molecule has 7 atom stereocenters. The SMILES string of the molecule is CCNC1C=C2C=CCCC2CC1COC(=O)C12OC1(CC=C(C)CC(NC(N)=NC)C1=CCNC(NCNC)=C1)C(=O)c1cccc(CC(C)(C)CC3=CNC(N)C=C3)c1C2=O. The summed E-state index contributed by atoms with van der Waals surface area (Å²) in [7, 11) is 3.49. The van der Waals surface area contributed by atoms with Crippen LogP contribution in [0.4, 0.5) is 0 Å². The number of hydrogen-bond acceptors (Lipinski definition) is 12. The average Bonchev–Trinajstić information content (AvgIpc) is 3.98. The number of nitrogens with two attached hydrogens (primary N) is 2. The number of nitrogens with one attached hydrogen (secondary N) is 6. The van der Waals surface area contributed by atoms with Gasteiger partial charge in [-0.15, -0.1) is 0 Å². The van der Waals surface area contributed by atoms with Gasteiger partial charge < -0.3 is 52.8 Å². The molecule has 14 heteroatoms. The first kappa shape index (κ1) is 45.7. The number of epoxide rings is 1. The first-order valence-corrected chi connectivity index (χ1v) is 22.5. The molecule has 6 aliphatic rings. The molecule has 7 rings (SSSR count). The molecule has 338 valence electrons. The van der Waals surface area contributed by atoms with Crippen LogP contribution in [0.2, 0.25) is 0 Å². The van der Waals surface area contributed by atoms with Gasteiger partial charge in [0, 0.05) is 49.3 Å². The van der Waals surface area contributed by atoms with Gasteiger partial charge in [-0.05, 0) is 105 Å². The Kier molecular flexibility index (Phi) is 14.0. The van der Waals surface area contributed by atoms with Crippen LogP contribution < -0.4 is 43.4 Å². The molecule has 3 heterocycles. The first-order valence-electron chi connectivity index (χ1n) is 22.5. The van der Waals surface area contributed by atoms with Crippen LogP contribution in [0.25, 0.3) is 0 Å². The fourth-order valence-corrected chi connectivity index (χ4v) is 9.97. The molecule has 1 fully saturated rings. The molecule has 0 spiro atoms. The number of ketones is 2. The van der Waals surface area contributed by atoms with E-state index in [-0.39, 0.29) is 65.5 Å². The molecule has 7 unspecified atom stereocenters. The molecule has 0 radical (unpaired) electrons. The largest absolute Gasteiger partial charge is 0.463 e. The number of likely N-dealkylation sites (N-methyl/N-ethyl adjacent to an activating group) is 1. The number of dihydropyridines is 2. The number of fused-ring (bicyclic) bond motifs is 3. The van der Waals surface area contributed by atoms with E-state index in [1.165, 1.54) is 5.57 Å². The maximum Gasteiger partial charge on any atom is 0.350 e. The van der Waals surface area contributed by atoms with Crippen molar-refractivity contribution in [2.45, 2.75) is 102 Å². The van der Waals surface area contributed by atoms with Gasteiger partial charge in [0.15, 0.2) is 17.3 Å². The Bertz CT molecular complexity index is 2200. The Balaban J connectivity index is 1.19. The lowest BCUT2D eigenvalue weighted by Crippen LogP contribution is -2.51. The first-order chi connectivity index (χ1) is 30.2. The van der Waals surface area contributed by atoms with Crippen LogP contribution in [0.5, 0.6) is 0 Å². The Labute approximate surface area is 372 Å². The minimum Gasteiger partial charge on any atom is -0.463 e. The third-order valence-electron chi connectivity index (χ3n) is 13.2. The monoisotopic (exact) mass is 862 g/mol. The van der Waals surface area contributed by atoms with Gasteiger partial charge in [0.05, 0.1) is 25.5 Å². The summed E-state index contributed by atoms with van der Waals surface area (Å²) in [6.07, 6.45) is 22.9. The lowest BCUT2D eigenvalue weighted by molar-refractivity contribution is -0.150. The van der Waals surface area contributed by atoms with E-state index in [9.17, 15) is 4.79 Å². The molecule has 1 saturated heterocycles. The fraction of sp³-hybridized carbons (Fsp3) is 0.510. The number of carbonyl (C=O) groups is 3. The van der Waals surface area contributed by atoms with E-state index in [1.54, 1.807) is 13.1 Å². The van der Waals surface area contributed by atoms with E-state index >= 15 is 9.59 Å². The Morgan fingerprint density at radius 2 is 2.02 bits per heavy atom. The van der Waals surface area contributed by atoms with Gasteiger partial charge in [0.1, 0.15) is 5.82 Å². The summed E-state index contributed by atoms with van der Waals surface area (Å²) in [6, 6.07) is 5.13. The number of rotatable bonds is 18. The summed E-state index contributed by atoms with van der Waals surface area (Å²) in [4.78, 5) is 49.2. The molecule has 3 aliphatic heterocycles. The molecule has 1 aromatic rings. The van der Waals surface area contributed by atoms with E-state index in [2.05, 4.69) is 82.0 Å². The Hall–Kier alpha value is -5.28. The summed E-state index contributed by atoms with van der Waals surface area (Å²) in [5, 5.41) is 19.8. The van der Waals surface area contributed by atoms with Crippen LogP contribution in [0.3, 0.4) is 0 Å². The van der Waals surface area contributed by atoms with Crippen molar-refractivity contribution in [3.05, 3.63) is 118 Å². The van der Waals surface area contributed by atoms with Crippen LogP contribution >= 0.6 is 0 Å². The van der Waals surface area contributed by atoms with Crippen molar-refractivity contribution in [2.24, 2.45) is 33.7 Å². The zero-order valence-corrected chi connectivity index (χ0v) is 37.7. The number of allylic oxidation sites excluding steroid dienone is 5. The van der Waals surface area contributed by atoms with Crippen molar-refractivity contribution in [3.63, 3.8) is 0 Å². The second-order valence-electron chi connectivity index (χ2n) is 18.5. The number of ether oxygens (including phenoxy) is 2. The second-order valence-corrected chi connectivity index (χ2v) is 18.5. The van der Waals surface area contributed by atoms with Crippen LogP contribution in [0.1, 0.15) is 92.5 Å². The van der Waals surface area contributed by atoms with Crippen molar-refractivity contribution in [3.8, 4) is 0 Å². The molecule has 0 aromatic heterocycles. The number of benzene rings is 1. The van der Waals surface area contributed by atoms with Crippen molar-refractivity contribution >= 4 is 23.5 Å². The van der Waals surface area contributed by atoms with E-state index in [4.69, 9.17) is 20.9 Å². The zero-order valence-electron chi connectivity index (χ0n) is 37.7. The van der Waals surface area contributed by atoms with Crippen LogP contribution in [-0.2, 0) is 20.7 Å². The average molecular weight is 862 g/mol. The van der Waals surface area contributed by atoms with Crippen LogP contribution in [0.15, 0.2) is 106 Å². The van der Waals surface area contributed by atoms with E-state index in [0.29, 0.717) is 44.0 Å². The second kappa shape index (κ2) is 19.2. The molecule has 3 aliphatic carbocycles. The highest BCUT2D eigenvalue weighted by atomic mass is 16.7. The van der Waals surface area contributed by atoms with Gasteiger partial charge in [-0.2, -0.15) is 0 Å². The summed E-state index contributed by atoms with van der Waals surface area (Å²) in [6.45, 7) is 10.3. The predicted octanol–water partition coefficient (Wildman–Crippen LogP) is 4.06. The third kappa shape index (κ3) is 9.64. The highest BCUT2D eigenvalue weighted by molar-refractivity contribution is 6.33. The van der Waals surface area contributed by atoms with Crippen LogP contribution in [0, 0.1) is 17.3 Å². The molecular formula is C49H67N9O5. The van der Waals surface area contributed by atoms with Gasteiger partial charge in [0.25, 0.3) is 5.60 Å². The molecule has 0 saturated carbocycles. The van der Waals surface area contributed by atoms with Gasteiger partial charge in [-0.25, -0.2) is 4.79 Å². The number of esters is 1. The summed E-state index contributed by atoms with van der Waals surface area (Å²) < 4.78 is 12.7. The van der Waals surface area contributed by atoms with Crippen molar-refractivity contribution in [1.82, 2.24) is 31.9 Å². The highest BCUT2D eigenvalue weighted by Gasteiger charge is 2.85. The van der Waals surface area contributed by atoms with Crippen LogP contribution in [-0.4, -0.2) is 93.4 Å². The lowest BCUT2D eigenvalue weighted by atomic mass is 9.69. The fourth-order valence-electron chi connectivity index (χ4n) is 9.97. The van der Waals surface area contributed by atoms with Gasteiger partial charge in [-0.3, -0.25) is 14.6 Å². The molecule has 63 heavy (non-hydrogen) atoms. The van der Waals surface area contributed by atoms with Crippen molar-refractivity contribution in [1.29, 1.82) is 0 Å². The van der Waals surface area contributed by atoms with Gasteiger partial charge in [-0.1, -0.05) is 81.0 Å². The molecule has 1 aromatic carbocycles. The minimum atomic E-state index is -2.12. The Morgan fingerprint density at radius 1 is 1.19 bits per heavy atom. The highest BCUT2D eigenvalue weighted by Crippen LogP contribution is 2.59. The van der Waals surface area contributed by atoms with Gasteiger partial charge in [0.2, 0.25) is 5.78 Å². The standard InChI is InChI=1S/C49H67N9O5/c1-7-54-38-23-33-12-9-8-11-32(33)22-36(38)28-62-45(61)49-44(60)42-35(26-47(3,4)25-31-15-16-40(50)56-27-31)13-10-14-37(42)43(59)48(49,63-49)19-17-30(2)21-39(58-46(51)53-6)34-18-20-55-41(24-34)57-29-52-5/h9-10,12-18,23-24,27,32,36,38-40,52,54-57H,7-8,11,19-22,25-26,28-29,50H2,1-6H3,(H3,51,53,58). The maximum absolute atomic E-state index is 15.3. The van der Waals surface area contributed by atoms with Gasteiger partial charge >= 0.3 is 5.97 Å². The maximum atomic E-state index is 15.3. The number of nitrogens with zero attached hydrogens (tertiary/aromatic N) is 1. The van der Waals surface area contributed by atoms with Crippen molar-refractivity contribution in [2.75, 3.05) is 40.5 Å². The normalized spacial score (nSPS) is 28.2. The predicted molar refractivity (Wildman–Crippen MR) is 247 cm³/mol. The number of guanidine groups is 1. The van der Waals surface area contributed by atoms with E-state index in [1.807, 2.05) is 56.6 Å². The number of Topliss-reactive ketones (excluding diaryl/α,β-unsaturated/α-hetero) is 2. The number of carbonyl (C=O) groups excluding carboxylic acids is 3. The lowest BCUT2D eigenvalue weighted by Gasteiger charge is -2.36. The summed E-state index contributed by atoms with van der Waals surface area (Å²) in [5.41, 5.74) is 13.5. The quantitative estimate of drug-likeness (QED) is 0.0200. The molecule has 0 bridgehead atoms. The van der Waals surface area contributed by atoms with E-state index < -0.39 is 23.0 Å². The number of aliphatic imine (C=N–C) groups is 1. The summed E-state index contributed by atoms with van der Waals surface area (Å²) >= 11 is 0.